The first-order valence-corrected chi connectivity index (χ1v) is 9.44. The van der Waals surface area contributed by atoms with Gasteiger partial charge in [-0.1, -0.05) is 29.3 Å². The van der Waals surface area contributed by atoms with Crippen LogP contribution in [0.4, 0.5) is 10.5 Å². The van der Waals surface area contributed by atoms with E-state index in [0.29, 0.717) is 21.5 Å². The summed E-state index contributed by atoms with van der Waals surface area (Å²) in [6, 6.07) is 10.9. The van der Waals surface area contributed by atoms with Crippen LogP contribution in [0.2, 0.25) is 10.0 Å². The minimum atomic E-state index is -0.403. The first-order valence-electron chi connectivity index (χ1n) is 8.68. The fourth-order valence-electron chi connectivity index (χ4n) is 3.15. The Morgan fingerprint density at radius 2 is 1.96 bits per heavy atom. The Bertz CT molecular complexity index is 844. The Hall–Kier alpha value is -1.95. The highest BCUT2D eigenvalue weighted by molar-refractivity contribution is 6.42. The number of halogens is 2. The molecule has 0 radical (unpaired) electrons. The number of benzene rings is 2. The van der Waals surface area contributed by atoms with Crippen molar-refractivity contribution in [1.29, 1.82) is 0 Å². The maximum absolute atomic E-state index is 12.7. The summed E-state index contributed by atoms with van der Waals surface area (Å²) < 4.78 is 11.0. The molecule has 1 heterocycles. The molecule has 0 N–H and O–H groups in total. The van der Waals surface area contributed by atoms with Gasteiger partial charge in [0.25, 0.3) is 0 Å². The number of nitrogens with zero attached hydrogens (tertiary/aromatic N) is 2. The summed E-state index contributed by atoms with van der Waals surface area (Å²) in [5.74, 6) is 0.678. The summed E-state index contributed by atoms with van der Waals surface area (Å²) in [6.07, 6.45) is 1.28. The zero-order chi connectivity index (χ0) is 19.6. The minimum Gasteiger partial charge on any atom is -0.497 e. The van der Waals surface area contributed by atoms with Gasteiger partial charge < -0.3 is 9.47 Å². The quantitative estimate of drug-likeness (QED) is 0.688. The second-order valence-corrected chi connectivity index (χ2v) is 7.35. The number of amides is 1. The molecular formula is C20H22Cl2N2O3. The Balaban J connectivity index is 1.93. The monoisotopic (exact) mass is 408 g/mol. The fraction of sp³-hybridized carbons (Fsp3) is 0.350. The molecule has 1 amide bonds. The highest BCUT2D eigenvalue weighted by atomic mass is 35.5. The van der Waals surface area contributed by atoms with Gasteiger partial charge in [0.15, 0.2) is 6.23 Å². The normalized spacial score (nSPS) is 17.0. The van der Waals surface area contributed by atoms with Gasteiger partial charge in [-0.05, 0) is 55.8 Å². The number of likely N-dealkylation sites (tertiary alicyclic amines) is 1. The molecule has 3 rings (SSSR count). The van der Waals surface area contributed by atoms with Gasteiger partial charge in [0.1, 0.15) is 5.75 Å². The fourth-order valence-corrected chi connectivity index (χ4v) is 3.45. The topological polar surface area (TPSA) is 42.0 Å². The summed E-state index contributed by atoms with van der Waals surface area (Å²) in [4.78, 5) is 16.2. The van der Waals surface area contributed by atoms with Crippen molar-refractivity contribution in [1.82, 2.24) is 4.90 Å². The van der Waals surface area contributed by atoms with E-state index in [9.17, 15) is 4.79 Å². The number of hydrogen-bond donors (Lipinski definition) is 0. The van der Waals surface area contributed by atoms with Crippen molar-refractivity contribution in [2.24, 2.45) is 0 Å². The van der Waals surface area contributed by atoms with Crippen LogP contribution in [0.25, 0.3) is 11.1 Å². The van der Waals surface area contributed by atoms with E-state index in [1.165, 1.54) is 4.90 Å². The lowest BCUT2D eigenvalue weighted by molar-refractivity contribution is 0.0315. The van der Waals surface area contributed by atoms with Crippen LogP contribution in [0.15, 0.2) is 36.4 Å². The molecule has 2 aromatic rings. The number of hydrogen-bond acceptors (Lipinski definition) is 4. The largest absolute Gasteiger partial charge is 0.497 e. The molecule has 27 heavy (non-hydrogen) atoms. The number of ether oxygens (including phenoxy) is 2. The third kappa shape index (κ3) is 4.32. The summed E-state index contributed by atoms with van der Waals surface area (Å²) in [5, 5.41) is 0.919. The molecule has 0 aliphatic carbocycles. The van der Waals surface area contributed by atoms with Crippen LogP contribution in [-0.4, -0.2) is 45.0 Å². The number of anilines is 1. The molecule has 1 fully saturated rings. The lowest BCUT2D eigenvalue weighted by atomic mass is 10.0. The maximum atomic E-state index is 12.7. The maximum Gasteiger partial charge on any atom is 0.415 e. The highest BCUT2D eigenvalue weighted by Crippen LogP contribution is 2.37. The van der Waals surface area contributed by atoms with Crippen LogP contribution in [0.3, 0.4) is 0 Å². The van der Waals surface area contributed by atoms with Gasteiger partial charge in [-0.15, -0.1) is 0 Å². The molecule has 1 aliphatic heterocycles. The molecule has 0 bridgehead atoms. The number of carbonyl (C=O) groups excluding carboxylic acids is 1. The average molecular weight is 409 g/mol. The van der Waals surface area contributed by atoms with Crippen LogP contribution in [0.5, 0.6) is 5.75 Å². The van der Waals surface area contributed by atoms with Crippen molar-refractivity contribution in [2.75, 3.05) is 32.6 Å². The Labute approximate surface area is 169 Å². The highest BCUT2D eigenvalue weighted by Gasteiger charge is 2.27. The minimum absolute atomic E-state index is 0.188. The number of methoxy groups -OCH3 is 1. The SMILES string of the molecule is COc1ccc(N(C)C(=O)O[C@H]2CCCN2C)c(-c2ccc(Cl)c(Cl)c2)c1. The zero-order valence-electron chi connectivity index (χ0n) is 15.5. The van der Waals surface area contributed by atoms with E-state index in [0.717, 1.165) is 30.5 Å². The van der Waals surface area contributed by atoms with Gasteiger partial charge in [-0.25, -0.2) is 4.79 Å². The Morgan fingerprint density at radius 3 is 2.59 bits per heavy atom. The van der Waals surface area contributed by atoms with Gasteiger partial charge in [0, 0.05) is 19.2 Å². The smallest absolute Gasteiger partial charge is 0.415 e. The van der Waals surface area contributed by atoms with E-state index in [4.69, 9.17) is 32.7 Å². The van der Waals surface area contributed by atoms with Crippen molar-refractivity contribution >= 4 is 35.0 Å². The van der Waals surface area contributed by atoms with Crippen LogP contribution < -0.4 is 9.64 Å². The van der Waals surface area contributed by atoms with Gasteiger partial charge >= 0.3 is 6.09 Å². The third-order valence-electron chi connectivity index (χ3n) is 4.76. The summed E-state index contributed by atoms with van der Waals surface area (Å²) in [7, 11) is 5.25. The van der Waals surface area contributed by atoms with E-state index >= 15 is 0 Å². The van der Waals surface area contributed by atoms with Gasteiger partial charge in [-0.3, -0.25) is 9.80 Å². The van der Waals surface area contributed by atoms with E-state index in [2.05, 4.69) is 0 Å². The van der Waals surface area contributed by atoms with Crippen molar-refractivity contribution in [2.45, 2.75) is 19.1 Å². The third-order valence-corrected chi connectivity index (χ3v) is 5.50. The lowest BCUT2D eigenvalue weighted by Gasteiger charge is -2.25. The molecule has 7 heteroatoms. The molecule has 0 spiro atoms. The zero-order valence-corrected chi connectivity index (χ0v) is 17.0. The molecular weight excluding hydrogens is 387 g/mol. The number of carbonyl (C=O) groups is 1. The molecule has 5 nitrogen and oxygen atoms in total. The van der Waals surface area contributed by atoms with Crippen LogP contribution in [-0.2, 0) is 4.74 Å². The predicted molar refractivity (Wildman–Crippen MR) is 109 cm³/mol. The molecule has 144 valence electrons. The first kappa shape index (κ1) is 19.8. The van der Waals surface area contributed by atoms with E-state index in [1.807, 2.05) is 36.2 Å². The van der Waals surface area contributed by atoms with Crippen LogP contribution in [0.1, 0.15) is 12.8 Å². The molecule has 0 aromatic heterocycles. The standard InChI is InChI=1S/C20H22Cl2N2O3/c1-23-10-4-5-19(23)27-20(25)24(2)18-9-7-14(26-3)12-15(18)13-6-8-16(21)17(22)11-13/h6-9,11-12,19H,4-5,10H2,1-3H3/t19-/m0/s1. The lowest BCUT2D eigenvalue weighted by Crippen LogP contribution is -2.36. The van der Waals surface area contributed by atoms with E-state index in [-0.39, 0.29) is 6.23 Å². The summed E-state index contributed by atoms with van der Waals surface area (Å²) in [5.41, 5.74) is 2.32. The molecule has 0 unspecified atom stereocenters. The molecule has 1 saturated heterocycles. The molecule has 1 atom stereocenters. The van der Waals surface area contributed by atoms with Crippen LogP contribution in [0, 0.1) is 0 Å². The predicted octanol–water partition coefficient (Wildman–Crippen LogP) is 5.29. The van der Waals surface area contributed by atoms with E-state index in [1.54, 1.807) is 26.3 Å². The molecule has 0 saturated carbocycles. The van der Waals surface area contributed by atoms with Crippen molar-refractivity contribution in [3.63, 3.8) is 0 Å². The van der Waals surface area contributed by atoms with Gasteiger partial charge in [0.05, 0.1) is 22.8 Å². The number of rotatable bonds is 4. The molecule has 2 aromatic carbocycles. The van der Waals surface area contributed by atoms with Crippen molar-refractivity contribution in [3.8, 4) is 16.9 Å². The van der Waals surface area contributed by atoms with Gasteiger partial charge in [-0.2, -0.15) is 0 Å². The second kappa shape index (κ2) is 8.38. The van der Waals surface area contributed by atoms with Crippen molar-refractivity contribution < 1.29 is 14.3 Å². The summed E-state index contributed by atoms with van der Waals surface area (Å²) >= 11 is 12.2. The Morgan fingerprint density at radius 1 is 1.19 bits per heavy atom. The summed E-state index contributed by atoms with van der Waals surface area (Å²) in [6.45, 7) is 0.929. The average Bonchev–Trinajstić information content (AvgIpc) is 3.07. The van der Waals surface area contributed by atoms with Gasteiger partial charge in [0.2, 0.25) is 0 Å². The second-order valence-electron chi connectivity index (χ2n) is 6.53. The van der Waals surface area contributed by atoms with Crippen LogP contribution >= 0.6 is 23.2 Å². The first-order chi connectivity index (χ1) is 12.9. The van der Waals surface area contributed by atoms with Crippen molar-refractivity contribution in [3.05, 3.63) is 46.4 Å². The Kier molecular flexibility index (Phi) is 6.15. The molecule has 1 aliphatic rings. The van der Waals surface area contributed by atoms with E-state index < -0.39 is 6.09 Å².